The fourth-order valence-electron chi connectivity index (χ4n) is 1.44. The van der Waals surface area contributed by atoms with Gasteiger partial charge in [0, 0.05) is 12.2 Å². The van der Waals surface area contributed by atoms with Gasteiger partial charge >= 0.3 is 5.51 Å². The van der Waals surface area contributed by atoms with Crippen LogP contribution in [0.4, 0.5) is 13.2 Å². The van der Waals surface area contributed by atoms with E-state index in [1.165, 1.54) is 6.92 Å². The first-order valence-corrected chi connectivity index (χ1v) is 6.36. The molecule has 2 nitrogen and oxygen atoms in total. The van der Waals surface area contributed by atoms with Gasteiger partial charge in [-0.2, -0.15) is 13.2 Å². The average molecular weight is 289 g/mol. The van der Waals surface area contributed by atoms with Crippen molar-refractivity contribution in [1.29, 1.82) is 0 Å². The van der Waals surface area contributed by atoms with Gasteiger partial charge in [0.1, 0.15) is 0 Å². The molecule has 19 heavy (non-hydrogen) atoms. The Bertz CT molecular complexity index is 469. The van der Waals surface area contributed by atoms with Crippen LogP contribution >= 0.6 is 11.8 Å². The van der Waals surface area contributed by atoms with E-state index in [4.69, 9.17) is 0 Å². The number of alkyl halides is 3. The maximum atomic E-state index is 12.3. The van der Waals surface area contributed by atoms with Gasteiger partial charge in [0.05, 0.1) is 4.91 Å². The van der Waals surface area contributed by atoms with E-state index in [0.29, 0.717) is 6.54 Å². The van der Waals surface area contributed by atoms with Crippen molar-refractivity contribution < 1.29 is 18.0 Å². The van der Waals surface area contributed by atoms with E-state index in [1.54, 1.807) is 0 Å². The molecule has 0 aliphatic carbocycles. The Morgan fingerprint density at radius 2 is 1.79 bits per heavy atom. The van der Waals surface area contributed by atoms with Crippen LogP contribution in [0.2, 0.25) is 0 Å². The summed E-state index contributed by atoms with van der Waals surface area (Å²) < 4.78 is 37.0. The first-order chi connectivity index (χ1) is 8.79. The molecular weight excluding hydrogens is 275 g/mol. The zero-order valence-electron chi connectivity index (χ0n) is 10.5. The van der Waals surface area contributed by atoms with Crippen molar-refractivity contribution in [2.24, 2.45) is 0 Å². The van der Waals surface area contributed by atoms with Crippen molar-refractivity contribution >= 4 is 17.5 Å². The van der Waals surface area contributed by atoms with Gasteiger partial charge in [-0.1, -0.05) is 30.3 Å². The summed E-state index contributed by atoms with van der Waals surface area (Å²) in [5.41, 5.74) is -3.29. The van der Waals surface area contributed by atoms with Crippen molar-refractivity contribution in [2.45, 2.75) is 25.9 Å². The standard InChI is InChI=1S/C13H14F3NOS/c1-9(12(10(2)18)19-13(14,15)16)17-8-11-6-4-3-5-7-11/h3-7,17H,8H2,1-2H3/b12-9+. The predicted molar refractivity (Wildman–Crippen MR) is 70.3 cm³/mol. The number of benzene rings is 1. The van der Waals surface area contributed by atoms with E-state index >= 15 is 0 Å². The number of ketones is 1. The second-order valence-electron chi connectivity index (χ2n) is 3.90. The summed E-state index contributed by atoms with van der Waals surface area (Å²) in [7, 11) is 0. The van der Waals surface area contributed by atoms with Gasteiger partial charge in [0.2, 0.25) is 0 Å². The fraction of sp³-hybridized carbons (Fsp3) is 0.308. The Hall–Kier alpha value is -1.43. The normalized spacial score (nSPS) is 12.9. The van der Waals surface area contributed by atoms with Crippen molar-refractivity contribution in [3.8, 4) is 0 Å². The van der Waals surface area contributed by atoms with Crippen LogP contribution < -0.4 is 5.32 Å². The molecule has 6 heteroatoms. The largest absolute Gasteiger partial charge is 0.446 e. The van der Waals surface area contributed by atoms with Crippen LogP contribution in [0.5, 0.6) is 0 Å². The first kappa shape index (κ1) is 15.6. The minimum Gasteiger partial charge on any atom is -0.383 e. The number of allylic oxidation sites excluding steroid dienone is 2. The lowest BCUT2D eigenvalue weighted by atomic mass is 10.2. The molecule has 0 heterocycles. The lowest BCUT2D eigenvalue weighted by molar-refractivity contribution is -0.113. The highest BCUT2D eigenvalue weighted by Gasteiger charge is 2.32. The zero-order valence-corrected chi connectivity index (χ0v) is 11.4. The molecule has 1 rings (SSSR count). The molecule has 0 atom stereocenters. The third kappa shape index (κ3) is 5.83. The van der Waals surface area contributed by atoms with Crippen molar-refractivity contribution in [1.82, 2.24) is 5.32 Å². The molecule has 0 radical (unpaired) electrons. The average Bonchev–Trinajstić information content (AvgIpc) is 2.33. The number of thioether (sulfide) groups is 1. The number of hydrogen-bond acceptors (Lipinski definition) is 3. The molecule has 1 N–H and O–H groups in total. The topological polar surface area (TPSA) is 29.1 Å². The van der Waals surface area contributed by atoms with Gasteiger partial charge < -0.3 is 5.32 Å². The van der Waals surface area contributed by atoms with E-state index in [1.807, 2.05) is 30.3 Å². The maximum absolute atomic E-state index is 12.3. The molecule has 0 bridgehead atoms. The SMILES string of the molecule is CC(=O)/C(SC(F)(F)F)=C(/C)NCc1ccccc1. The molecule has 1 aromatic rings. The Morgan fingerprint density at radius 1 is 1.21 bits per heavy atom. The number of rotatable bonds is 5. The van der Waals surface area contributed by atoms with Gasteiger partial charge in [-0.3, -0.25) is 4.79 Å². The molecule has 0 saturated carbocycles. The Morgan fingerprint density at radius 3 is 2.26 bits per heavy atom. The maximum Gasteiger partial charge on any atom is 0.446 e. The van der Waals surface area contributed by atoms with Crippen molar-refractivity contribution in [3.05, 3.63) is 46.5 Å². The fourth-order valence-corrected chi connectivity index (χ4v) is 2.04. The number of nitrogens with one attached hydrogen (secondary N) is 1. The molecule has 104 valence electrons. The van der Waals surface area contributed by atoms with E-state index in [9.17, 15) is 18.0 Å². The van der Waals surface area contributed by atoms with Crippen LogP contribution in [0, 0.1) is 0 Å². The molecule has 0 amide bonds. The van der Waals surface area contributed by atoms with E-state index < -0.39 is 11.3 Å². The minimum atomic E-state index is -4.46. The second-order valence-corrected chi connectivity index (χ2v) is 4.97. The molecule has 0 aliphatic rings. The summed E-state index contributed by atoms with van der Waals surface area (Å²) >= 11 is -0.379. The predicted octanol–water partition coefficient (Wildman–Crippen LogP) is 3.85. The highest BCUT2D eigenvalue weighted by Crippen LogP contribution is 2.37. The lowest BCUT2D eigenvalue weighted by Gasteiger charge is -2.13. The van der Waals surface area contributed by atoms with Crippen LogP contribution in [0.1, 0.15) is 19.4 Å². The van der Waals surface area contributed by atoms with Crippen LogP contribution in [-0.4, -0.2) is 11.3 Å². The summed E-state index contributed by atoms with van der Waals surface area (Å²) in [6.07, 6.45) is 0. The van der Waals surface area contributed by atoms with Gasteiger partial charge in [0.25, 0.3) is 0 Å². The van der Waals surface area contributed by atoms with Crippen LogP contribution in [0.3, 0.4) is 0 Å². The van der Waals surface area contributed by atoms with Crippen LogP contribution in [0.15, 0.2) is 40.9 Å². The molecule has 0 spiro atoms. The number of hydrogen-bond donors (Lipinski definition) is 1. The summed E-state index contributed by atoms with van der Waals surface area (Å²) in [4.78, 5) is 11.0. The Labute approximate surface area is 114 Å². The molecule has 0 saturated heterocycles. The van der Waals surface area contributed by atoms with Crippen LogP contribution in [-0.2, 0) is 11.3 Å². The monoisotopic (exact) mass is 289 g/mol. The van der Waals surface area contributed by atoms with Gasteiger partial charge in [-0.05, 0) is 31.2 Å². The minimum absolute atomic E-state index is 0.235. The van der Waals surface area contributed by atoms with E-state index in [0.717, 1.165) is 12.5 Å². The Balaban J connectivity index is 2.77. The highest BCUT2D eigenvalue weighted by molar-refractivity contribution is 8.04. The lowest BCUT2D eigenvalue weighted by Crippen LogP contribution is -2.16. The van der Waals surface area contributed by atoms with E-state index in [2.05, 4.69) is 5.32 Å². The van der Waals surface area contributed by atoms with Gasteiger partial charge in [-0.15, -0.1) is 0 Å². The summed E-state index contributed by atoms with van der Waals surface area (Å²) in [5.74, 6) is -0.597. The zero-order chi connectivity index (χ0) is 14.5. The smallest absolute Gasteiger partial charge is 0.383 e. The van der Waals surface area contributed by atoms with E-state index in [-0.39, 0.29) is 22.4 Å². The molecule has 0 fully saturated rings. The molecule has 0 unspecified atom stereocenters. The number of halogens is 3. The van der Waals surface area contributed by atoms with Crippen molar-refractivity contribution in [3.63, 3.8) is 0 Å². The third-order valence-electron chi connectivity index (χ3n) is 2.28. The molecule has 1 aromatic carbocycles. The van der Waals surface area contributed by atoms with Gasteiger partial charge in [0.15, 0.2) is 5.78 Å². The second kappa shape index (κ2) is 6.65. The molecule has 0 aromatic heterocycles. The quantitative estimate of drug-likeness (QED) is 0.835. The number of carbonyl (C=O) groups excluding carboxylic acids is 1. The third-order valence-corrected chi connectivity index (χ3v) is 3.31. The van der Waals surface area contributed by atoms with Gasteiger partial charge in [-0.25, -0.2) is 0 Å². The number of Topliss-reactive ketones (excluding diaryl/α,β-unsaturated/α-hetero) is 1. The van der Waals surface area contributed by atoms with Crippen molar-refractivity contribution in [2.75, 3.05) is 0 Å². The molecular formula is C13H14F3NOS. The highest BCUT2D eigenvalue weighted by atomic mass is 32.2. The summed E-state index contributed by atoms with van der Waals surface area (Å²) in [5, 5.41) is 2.84. The summed E-state index contributed by atoms with van der Waals surface area (Å²) in [6, 6.07) is 9.24. The van der Waals surface area contributed by atoms with Crippen LogP contribution in [0.25, 0.3) is 0 Å². The molecule has 0 aliphatic heterocycles. The Kier molecular flexibility index (Phi) is 5.47. The first-order valence-electron chi connectivity index (χ1n) is 5.55. The number of carbonyl (C=O) groups is 1. The summed E-state index contributed by atoms with van der Waals surface area (Å²) in [6.45, 7) is 2.97.